The lowest BCUT2D eigenvalue weighted by Crippen LogP contribution is -2.04. The topological polar surface area (TPSA) is 50.7 Å². The van der Waals surface area contributed by atoms with E-state index in [0.29, 0.717) is 5.56 Å². The number of aryl methyl sites for hydroxylation is 1. The van der Waals surface area contributed by atoms with Gasteiger partial charge in [0.15, 0.2) is 0 Å². The Labute approximate surface area is 90.5 Å². The van der Waals surface area contributed by atoms with Gasteiger partial charge in [0, 0.05) is 6.21 Å². The molecule has 1 aromatic carbocycles. The Kier molecular flexibility index (Phi) is 3.65. The zero-order chi connectivity index (χ0) is 12.2. The van der Waals surface area contributed by atoms with Crippen molar-refractivity contribution in [3.05, 3.63) is 29.3 Å². The molecule has 1 aromatic rings. The molecule has 0 aliphatic carbocycles. The maximum atomic E-state index is 12.4. The van der Waals surface area contributed by atoms with Gasteiger partial charge in [0.25, 0.3) is 0 Å². The van der Waals surface area contributed by atoms with Gasteiger partial charge in [-0.3, -0.25) is 4.99 Å². The highest BCUT2D eigenvalue weighted by Crippen LogP contribution is 2.32. The van der Waals surface area contributed by atoms with E-state index < -0.39 is 11.7 Å². The minimum absolute atomic E-state index is 0.245. The molecule has 0 spiro atoms. The van der Waals surface area contributed by atoms with Crippen LogP contribution in [0.5, 0.6) is 0 Å². The Bertz CT molecular complexity index is 422. The highest BCUT2D eigenvalue weighted by molar-refractivity contribution is 6.16. The van der Waals surface area contributed by atoms with Gasteiger partial charge in [0.2, 0.25) is 0 Å². The Morgan fingerprint density at radius 1 is 1.25 bits per heavy atom. The molecule has 6 heteroatoms. The molecule has 2 N–H and O–H groups in total. The summed E-state index contributed by atoms with van der Waals surface area (Å²) in [6.45, 7) is 1.67. The second-order valence-electron chi connectivity index (χ2n) is 3.08. The standard InChI is InChI=1S/C10H10F3N3/c1-7-2-3-8(10(11,12)13)6-9(7)15-4-5-16-14/h2-6H,14H2,1H3/b15-4?,16-5-. The van der Waals surface area contributed by atoms with Gasteiger partial charge in [-0.25, -0.2) is 0 Å². The molecular formula is C10H10F3N3. The average Bonchev–Trinajstić information content (AvgIpc) is 2.19. The molecule has 1 rings (SSSR count). The molecule has 3 nitrogen and oxygen atoms in total. The molecule has 0 aromatic heterocycles. The fraction of sp³-hybridized carbons (Fsp3) is 0.200. The fourth-order valence-corrected chi connectivity index (χ4v) is 1.08. The normalized spacial score (nSPS) is 12.8. The number of hydrogen-bond donors (Lipinski definition) is 1. The maximum Gasteiger partial charge on any atom is 0.416 e. The average molecular weight is 229 g/mol. The first-order chi connectivity index (χ1) is 7.45. The molecule has 86 valence electrons. The molecule has 0 fully saturated rings. The van der Waals surface area contributed by atoms with Crippen molar-refractivity contribution in [3.8, 4) is 0 Å². The quantitative estimate of drug-likeness (QED) is 0.473. The molecule has 0 bridgehead atoms. The smallest absolute Gasteiger partial charge is 0.323 e. The first-order valence-electron chi connectivity index (χ1n) is 4.39. The van der Waals surface area contributed by atoms with Crippen molar-refractivity contribution < 1.29 is 13.2 Å². The van der Waals surface area contributed by atoms with E-state index in [-0.39, 0.29) is 5.69 Å². The van der Waals surface area contributed by atoms with Gasteiger partial charge < -0.3 is 5.84 Å². The third-order valence-corrected chi connectivity index (χ3v) is 1.90. The Balaban J connectivity index is 3.09. The summed E-state index contributed by atoms with van der Waals surface area (Å²) in [6.07, 6.45) is -1.93. The number of nitrogens with two attached hydrogens (primary N) is 1. The van der Waals surface area contributed by atoms with Crippen molar-refractivity contribution in [2.75, 3.05) is 0 Å². The van der Waals surface area contributed by atoms with Crippen LogP contribution in [-0.4, -0.2) is 12.4 Å². The van der Waals surface area contributed by atoms with E-state index in [1.807, 2.05) is 0 Å². The second-order valence-corrected chi connectivity index (χ2v) is 3.08. The first-order valence-corrected chi connectivity index (χ1v) is 4.39. The molecule has 0 saturated carbocycles. The van der Waals surface area contributed by atoms with Crippen LogP contribution in [0.3, 0.4) is 0 Å². The summed E-state index contributed by atoms with van der Waals surface area (Å²) < 4.78 is 37.2. The zero-order valence-electron chi connectivity index (χ0n) is 8.49. The van der Waals surface area contributed by atoms with E-state index in [1.165, 1.54) is 18.5 Å². The van der Waals surface area contributed by atoms with E-state index in [0.717, 1.165) is 12.1 Å². The van der Waals surface area contributed by atoms with Crippen LogP contribution in [0.4, 0.5) is 18.9 Å². The van der Waals surface area contributed by atoms with Crippen molar-refractivity contribution >= 4 is 18.1 Å². The minimum Gasteiger partial charge on any atom is -0.323 e. The number of aliphatic imine (C=N–C) groups is 1. The predicted molar refractivity (Wildman–Crippen MR) is 57.0 cm³/mol. The molecular weight excluding hydrogens is 219 g/mol. The van der Waals surface area contributed by atoms with Gasteiger partial charge in [-0.1, -0.05) is 6.07 Å². The van der Waals surface area contributed by atoms with Crippen LogP contribution in [0.25, 0.3) is 0 Å². The maximum absolute atomic E-state index is 12.4. The number of hydrogen-bond acceptors (Lipinski definition) is 3. The molecule has 0 aliphatic rings. The van der Waals surface area contributed by atoms with Crippen LogP contribution < -0.4 is 5.84 Å². The molecule has 0 saturated heterocycles. The number of halogens is 3. The molecule has 0 unspecified atom stereocenters. The van der Waals surface area contributed by atoms with Gasteiger partial charge >= 0.3 is 6.18 Å². The summed E-state index contributed by atoms with van der Waals surface area (Å²) in [6, 6.07) is 3.37. The van der Waals surface area contributed by atoms with Crippen molar-refractivity contribution in [2.24, 2.45) is 15.9 Å². The van der Waals surface area contributed by atoms with E-state index in [9.17, 15) is 13.2 Å². The van der Waals surface area contributed by atoms with Crippen LogP contribution in [0, 0.1) is 6.92 Å². The molecule has 0 radical (unpaired) electrons. The summed E-state index contributed by atoms with van der Waals surface area (Å²) in [4.78, 5) is 3.82. The summed E-state index contributed by atoms with van der Waals surface area (Å²) >= 11 is 0. The first kappa shape index (κ1) is 12.2. The molecule has 0 atom stereocenters. The number of benzene rings is 1. The Morgan fingerprint density at radius 2 is 1.94 bits per heavy atom. The van der Waals surface area contributed by atoms with Crippen molar-refractivity contribution in [1.29, 1.82) is 0 Å². The number of rotatable bonds is 2. The molecule has 16 heavy (non-hydrogen) atoms. The van der Waals surface area contributed by atoms with Crippen molar-refractivity contribution in [1.82, 2.24) is 0 Å². The lowest BCUT2D eigenvalue weighted by Gasteiger charge is -2.08. The van der Waals surface area contributed by atoms with E-state index in [4.69, 9.17) is 5.84 Å². The lowest BCUT2D eigenvalue weighted by atomic mass is 10.1. The SMILES string of the molecule is Cc1ccc(C(F)(F)F)cc1N=C/C=N\N. The third-order valence-electron chi connectivity index (χ3n) is 1.90. The van der Waals surface area contributed by atoms with Crippen molar-refractivity contribution in [2.45, 2.75) is 13.1 Å². The van der Waals surface area contributed by atoms with Gasteiger partial charge in [0.1, 0.15) is 0 Å². The predicted octanol–water partition coefficient (Wildman–Crippen LogP) is 2.66. The fourth-order valence-electron chi connectivity index (χ4n) is 1.08. The summed E-state index contributed by atoms with van der Waals surface area (Å²) in [5.74, 6) is 4.83. The van der Waals surface area contributed by atoms with Gasteiger partial charge in [0.05, 0.1) is 17.5 Å². The minimum atomic E-state index is -4.36. The lowest BCUT2D eigenvalue weighted by molar-refractivity contribution is -0.137. The van der Waals surface area contributed by atoms with Crippen LogP contribution in [0.1, 0.15) is 11.1 Å². The number of alkyl halides is 3. The number of hydrazone groups is 1. The zero-order valence-corrected chi connectivity index (χ0v) is 8.49. The van der Waals surface area contributed by atoms with Crippen LogP contribution in [-0.2, 0) is 6.18 Å². The number of nitrogens with zero attached hydrogens (tertiary/aromatic N) is 2. The second kappa shape index (κ2) is 4.78. The molecule has 0 aliphatic heterocycles. The Morgan fingerprint density at radius 3 is 2.50 bits per heavy atom. The van der Waals surface area contributed by atoms with E-state index >= 15 is 0 Å². The summed E-state index contributed by atoms with van der Waals surface area (Å²) in [5.41, 5.74) is 0.166. The van der Waals surface area contributed by atoms with Gasteiger partial charge in [-0.05, 0) is 24.6 Å². The molecule has 0 heterocycles. The largest absolute Gasteiger partial charge is 0.416 e. The summed E-state index contributed by atoms with van der Waals surface area (Å²) in [7, 11) is 0. The van der Waals surface area contributed by atoms with Crippen LogP contribution in [0.15, 0.2) is 28.3 Å². The van der Waals surface area contributed by atoms with E-state index in [1.54, 1.807) is 6.92 Å². The highest BCUT2D eigenvalue weighted by atomic mass is 19.4. The van der Waals surface area contributed by atoms with Crippen molar-refractivity contribution in [3.63, 3.8) is 0 Å². The highest BCUT2D eigenvalue weighted by Gasteiger charge is 2.30. The summed E-state index contributed by atoms with van der Waals surface area (Å²) in [5, 5.41) is 3.16. The van der Waals surface area contributed by atoms with Crippen LogP contribution in [0.2, 0.25) is 0 Å². The van der Waals surface area contributed by atoms with Gasteiger partial charge in [-0.2, -0.15) is 18.3 Å². The molecule has 0 amide bonds. The Hall–Kier alpha value is -1.85. The third kappa shape index (κ3) is 3.08. The monoisotopic (exact) mass is 229 g/mol. The van der Waals surface area contributed by atoms with Crippen LogP contribution >= 0.6 is 0 Å². The van der Waals surface area contributed by atoms with E-state index in [2.05, 4.69) is 10.1 Å². The van der Waals surface area contributed by atoms with Gasteiger partial charge in [-0.15, -0.1) is 0 Å².